The lowest BCUT2D eigenvalue weighted by Crippen LogP contribution is -2.31. The monoisotopic (exact) mass is 382 g/mol. The molecule has 0 N–H and O–H groups in total. The standard InChI is InChI=1S/C23H27FN2O2/c24-21-8-5-19-16-26(17-20(19)15-21)23(27)18-6-9-22(10-7-18)28-14-4-13-25-11-2-1-3-12-25/h5-10,15H,1-4,11-14,16-17H2. The minimum atomic E-state index is -0.255. The van der Waals surface area contributed by atoms with E-state index in [4.69, 9.17) is 4.74 Å². The van der Waals surface area contributed by atoms with Gasteiger partial charge in [0.15, 0.2) is 0 Å². The second-order valence-corrected chi connectivity index (χ2v) is 7.70. The van der Waals surface area contributed by atoms with Crippen molar-refractivity contribution >= 4 is 5.91 Å². The van der Waals surface area contributed by atoms with Gasteiger partial charge in [0.05, 0.1) is 6.61 Å². The summed E-state index contributed by atoms with van der Waals surface area (Å²) in [5.74, 6) is 0.505. The maximum Gasteiger partial charge on any atom is 0.254 e. The van der Waals surface area contributed by atoms with Crippen LogP contribution in [-0.2, 0) is 13.1 Å². The van der Waals surface area contributed by atoms with E-state index in [0.717, 1.165) is 29.8 Å². The molecule has 4 rings (SSSR count). The molecule has 2 aromatic carbocycles. The van der Waals surface area contributed by atoms with Crippen LogP contribution in [0.5, 0.6) is 5.75 Å². The summed E-state index contributed by atoms with van der Waals surface area (Å²) >= 11 is 0. The predicted octanol–water partition coefficient (Wildman–Crippen LogP) is 4.24. The molecule has 0 saturated carbocycles. The van der Waals surface area contributed by atoms with Crippen molar-refractivity contribution in [3.63, 3.8) is 0 Å². The average molecular weight is 382 g/mol. The van der Waals surface area contributed by atoms with Gasteiger partial charge in [-0.1, -0.05) is 12.5 Å². The average Bonchev–Trinajstić information content (AvgIpc) is 3.15. The fourth-order valence-corrected chi connectivity index (χ4v) is 4.04. The summed E-state index contributed by atoms with van der Waals surface area (Å²) in [7, 11) is 0. The lowest BCUT2D eigenvalue weighted by Gasteiger charge is -2.26. The Morgan fingerprint density at radius 1 is 0.964 bits per heavy atom. The van der Waals surface area contributed by atoms with Crippen molar-refractivity contribution in [2.24, 2.45) is 0 Å². The van der Waals surface area contributed by atoms with Crippen LogP contribution >= 0.6 is 0 Å². The van der Waals surface area contributed by atoms with Crippen molar-refractivity contribution in [3.05, 3.63) is 65.0 Å². The van der Waals surface area contributed by atoms with E-state index in [-0.39, 0.29) is 11.7 Å². The van der Waals surface area contributed by atoms with Gasteiger partial charge in [-0.2, -0.15) is 0 Å². The molecule has 0 unspecified atom stereocenters. The molecule has 2 heterocycles. The zero-order valence-electron chi connectivity index (χ0n) is 16.2. The number of hydrogen-bond donors (Lipinski definition) is 0. The molecule has 4 nitrogen and oxygen atoms in total. The highest BCUT2D eigenvalue weighted by Crippen LogP contribution is 2.25. The van der Waals surface area contributed by atoms with Crippen LogP contribution in [0.2, 0.25) is 0 Å². The molecular formula is C23H27FN2O2. The third-order valence-electron chi connectivity index (χ3n) is 5.62. The van der Waals surface area contributed by atoms with E-state index < -0.39 is 0 Å². The van der Waals surface area contributed by atoms with Gasteiger partial charge in [0.2, 0.25) is 0 Å². The van der Waals surface area contributed by atoms with Crippen LogP contribution in [0.4, 0.5) is 4.39 Å². The first-order chi connectivity index (χ1) is 13.7. The Morgan fingerprint density at radius 2 is 1.71 bits per heavy atom. The van der Waals surface area contributed by atoms with Crippen LogP contribution < -0.4 is 4.74 Å². The quantitative estimate of drug-likeness (QED) is 0.701. The van der Waals surface area contributed by atoms with Crippen LogP contribution in [0.1, 0.15) is 47.2 Å². The van der Waals surface area contributed by atoms with Gasteiger partial charge in [-0.3, -0.25) is 4.79 Å². The molecule has 0 radical (unpaired) electrons. The van der Waals surface area contributed by atoms with E-state index in [0.29, 0.717) is 25.3 Å². The molecule has 2 aromatic rings. The molecule has 0 spiro atoms. The summed E-state index contributed by atoms with van der Waals surface area (Å²) in [6.07, 6.45) is 5.00. The topological polar surface area (TPSA) is 32.8 Å². The summed E-state index contributed by atoms with van der Waals surface area (Å²) in [5.41, 5.74) is 2.54. The number of nitrogens with zero attached hydrogens (tertiary/aromatic N) is 2. The van der Waals surface area contributed by atoms with Crippen molar-refractivity contribution in [1.29, 1.82) is 0 Å². The zero-order valence-corrected chi connectivity index (χ0v) is 16.2. The van der Waals surface area contributed by atoms with E-state index in [1.165, 1.54) is 44.5 Å². The van der Waals surface area contributed by atoms with Crippen LogP contribution in [0.3, 0.4) is 0 Å². The van der Waals surface area contributed by atoms with E-state index in [1.54, 1.807) is 11.0 Å². The Kier molecular flexibility index (Phi) is 5.91. The Morgan fingerprint density at radius 3 is 2.50 bits per heavy atom. The lowest BCUT2D eigenvalue weighted by molar-refractivity contribution is 0.0751. The van der Waals surface area contributed by atoms with Gasteiger partial charge >= 0.3 is 0 Å². The highest BCUT2D eigenvalue weighted by Gasteiger charge is 2.24. The van der Waals surface area contributed by atoms with Gasteiger partial charge in [-0.25, -0.2) is 4.39 Å². The number of amides is 1. The Labute approximate surface area is 165 Å². The molecule has 148 valence electrons. The molecule has 0 aromatic heterocycles. The third-order valence-corrected chi connectivity index (χ3v) is 5.62. The van der Waals surface area contributed by atoms with Crippen molar-refractivity contribution < 1.29 is 13.9 Å². The van der Waals surface area contributed by atoms with Gasteiger partial charge in [-0.15, -0.1) is 0 Å². The molecule has 5 heteroatoms. The zero-order chi connectivity index (χ0) is 19.3. The van der Waals surface area contributed by atoms with Gasteiger partial charge in [0.25, 0.3) is 5.91 Å². The van der Waals surface area contributed by atoms with E-state index >= 15 is 0 Å². The summed E-state index contributed by atoms with van der Waals surface area (Å²) in [5, 5.41) is 0. The first kappa shape index (κ1) is 18.9. The fourth-order valence-electron chi connectivity index (χ4n) is 4.04. The number of likely N-dealkylation sites (tertiary alicyclic amines) is 1. The van der Waals surface area contributed by atoms with Crippen molar-refractivity contribution in [2.75, 3.05) is 26.2 Å². The molecule has 1 amide bonds. The van der Waals surface area contributed by atoms with Crippen LogP contribution in [0.15, 0.2) is 42.5 Å². The number of rotatable bonds is 6. The Bertz CT molecular complexity index is 816. The fraction of sp³-hybridized carbons (Fsp3) is 0.435. The molecule has 0 bridgehead atoms. The maximum absolute atomic E-state index is 13.4. The SMILES string of the molecule is O=C(c1ccc(OCCCN2CCCCC2)cc1)N1Cc2ccc(F)cc2C1. The largest absolute Gasteiger partial charge is 0.494 e. The van der Waals surface area contributed by atoms with Gasteiger partial charge in [0.1, 0.15) is 11.6 Å². The van der Waals surface area contributed by atoms with E-state index in [1.807, 2.05) is 24.3 Å². The second-order valence-electron chi connectivity index (χ2n) is 7.70. The first-order valence-corrected chi connectivity index (χ1v) is 10.2. The minimum Gasteiger partial charge on any atom is -0.494 e. The smallest absolute Gasteiger partial charge is 0.254 e. The molecule has 1 fully saturated rings. The van der Waals surface area contributed by atoms with Crippen molar-refractivity contribution in [2.45, 2.75) is 38.8 Å². The summed E-state index contributed by atoms with van der Waals surface area (Å²) in [6, 6.07) is 12.1. The number of fused-ring (bicyclic) bond motifs is 1. The van der Waals surface area contributed by atoms with Crippen LogP contribution in [-0.4, -0.2) is 41.9 Å². The molecule has 1 saturated heterocycles. The molecule has 0 aliphatic carbocycles. The Hall–Kier alpha value is -2.40. The van der Waals surface area contributed by atoms with Crippen LogP contribution in [0, 0.1) is 5.82 Å². The molecular weight excluding hydrogens is 355 g/mol. The minimum absolute atomic E-state index is 0.0340. The first-order valence-electron chi connectivity index (χ1n) is 10.2. The van der Waals surface area contributed by atoms with Gasteiger partial charge < -0.3 is 14.5 Å². The third kappa shape index (κ3) is 4.53. The number of piperidine rings is 1. The number of carbonyl (C=O) groups is 1. The summed E-state index contributed by atoms with van der Waals surface area (Å²) < 4.78 is 19.2. The number of carbonyl (C=O) groups excluding carboxylic acids is 1. The van der Waals surface area contributed by atoms with Crippen molar-refractivity contribution in [3.8, 4) is 5.75 Å². The summed E-state index contributed by atoms with van der Waals surface area (Å²) in [6.45, 7) is 5.20. The van der Waals surface area contributed by atoms with E-state index in [9.17, 15) is 9.18 Å². The predicted molar refractivity (Wildman–Crippen MR) is 107 cm³/mol. The lowest BCUT2D eigenvalue weighted by atomic mass is 10.1. The number of ether oxygens (including phenoxy) is 1. The van der Waals surface area contributed by atoms with Crippen molar-refractivity contribution in [1.82, 2.24) is 9.80 Å². The molecule has 28 heavy (non-hydrogen) atoms. The number of hydrogen-bond acceptors (Lipinski definition) is 3. The Balaban J connectivity index is 1.25. The maximum atomic E-state index is 13.4. The van der Waals surface area contributed by atoms with Crippen LogP contribution in [0.25, 0.3) is 0 Å². The highest BCUT2D eigenvalue weighted by atomic mass is 19.1. The molecule has 2 aliphatic rings. The number of halogens is 1. The van der Waals surface area contributed by atoms with Gasteiger partial charge in [0, 0.05) is 25.2 Å². The number of benzene rings is 2. The molecule has 0 atom stereocenters. The molecule has 2 aliphatic heterocycles. The second kappa shape index (κ2) is 8.74. The normalized spacial score (nSPS) is 16.8. The van der Waals surface area contributed by atoms with Gasteiger partial charge in [-0.05, 0) is 79.9 Å². The highest BCUT2D eigenvalue weighted by molar-refractivity contribution is 5.94. The van der Waals surface area contributed by atoms with E-state index in [2.05, 4.69) is 4.90 Å². The summed E-state index contributed by atoms with van der Waals surface area (Å²) in [4.78, 5) is 17.0.